The lowest BCUT2D eigenvalue weighted by molar-refractivity contribution is 0.118. The average molecular weight is 253 g/mol. The summed E-state index contributed by atoms with van der Waals surface area (Å²) < 4.78 is 0. The van der Waals surface area contributed by atoms with Crippen LogP contribution in [0.1, 0.15) is 51.9 Å². The zero-order valence-corrected chi connectivity index (χ0v) is 12.3. The topological polar surface area (TPSA) is 32.5 Å². The summed E-state index contributed by atoms with van der Waals surface area (Å²) in [5, 5.41) is 0. The normalized spacial score (nSPS) is 34.2. The summed E-state index contributed by atoms with van der Waals surface area (Å²) in [7, 11) is 2.24. The Morgan fingerprint density at radius 1 is 1.06 bits per heavy atom. The lowest BCUT2D eigenvalue weighted by Crippen LogP contribution is -2.48. The summed E-state index contributed by atoms with van der Waals surface area (Å²) in [5.74, 6) is 0. The minimum Gasteiger partial charge on any atom is -0.329 e. The third kappa shape index (κ3) is 3.46. The van der Waals surface area contributed by atoms with Gasteiger partial charge in [0, 0.05) is 31.2 Å². The second-order valence-electron chi connectivity index (χ2n) is 6.35. The van der Waals surface area contributed by atoms with Crippen molar-refractivity contribution in [1.82, 2.24) is 9.80 Å². The van der Waals surface area contributed by atoms with Crippen molar-refractivity contribution in [3.05, 3.63) is 0 Å². The van der Waals surface area contributed by atoms with Gasteiger partial charge in [-0.2, -0.15) is 0 Å². The first-order chi connectivity index (χ1) is 8.72. The molecule has 106 valence electrons. The minimum absolute atomic E-state index is 0.554. The van der Waals surface area contributed by atoms with Gasteiger partial charge in [-0.1, -0.05) is 25.7 Å². The molecule has 1 aliphatic heterocycles. The van der Waals surface area contributed by atoms with E-state index < -0.39 is 0 Å². The Bertz CT molecular complexity index is 236. The van der Waals surface area contributed by atoms with E-state index in [1.54, 1.807) is 0 Å². The molecule has 1 heterocycles. The standard InChI is InChI=1S/C15H31N3/c1-13-9-10-17(2)15(11-16)12-18(13)14-7-5-3-4-6-8-14/h13-15H,3-12,16H2,1-2H3. The maximum Gasteiger partial charge on any atom is 0.0342 e. The molecule has 0 aromatic heterocycles. The van der Waals surface area contributed by atoms with Crippen molar-refractivity contribution in [2.45, 2.75) is 70.0 Å². The first-order valence-corrected chi connectivity index (χ1v) is 7.88. The maximum atomic E-state index is 5.96. The average Bonchev–Trinajstić information content (AvgIpc) is 2.71. The van der Waals surface area contributed by atoms with Crippen molar-refractivity contribution in [3.8, 4) is 0 Å². The summed E-state index contributed by atoms with van der Waals surface area (Å²) in [5.41, 5.74) is 5.96. The molecule has 2 N–H and O–H groups in total. The Morgan fingerprint density at radius 2 is 1.72 bits per heavy atom. The molecule has 0 spiro atoms. The van der Waals surface area contributed by atoms with Crippen molar-refractivity contribution in [3.63, 3.8) is 0 Å². The maximum absolute atomic E-state index is 5.96. The van der Waals surface area contributed by atoms with E-state index in [1.165, 1.54) is 58.0 Å². The molecular formula is C15H31N3. The number of hydrogen-bond acceptors (Lipinski definition) is 3. The van der Waals surface area contributed by atoms with Crippen LogP contribution < -0.4 is 5.73 Å². The Hall–Kier alpha value is -0.120. The van der Waals surface area contributed by atoms with Crippen molar-refractivity contribution < 1.29 is 0 Å². The van der Waals surface area contributed by atoms with Gasteiger partial charge in [-0.15, -0.1) is 0 Å². The van der Waals surface area contributed by atoms with Crippen LogP contribution in [0.15, 0.2) is 0 Å². The van der Waals surface area contributed by atoms with Crippen LogP contribution in [0.5, 0.6) is 0 Å². The highest BCUT2D eigenvalue weighted by Crippen LogP contribution is 2.26. The molecule has 0 amide bonds. The summed E-state index contributed by atoms with van der Waals surface area (Å²) in [6, 6.07) is 2.10. The lowest BCUT2D eigenvalue weighted by atomic mass is 10.0. The van der Waals surface area contributed by atoms with Crippen molar-refractivity contribution in [2.75, 3.05) is 26.7 Å². The van der Waals surface area contributed by atoms with Crippen LogP contribution in [0.4, 0.5) is 0 Å². The zero-order valence-electron chi connectivity index (χ0n) is 12.3. The fraction of sp³-hybridized carbons (Fsp3) is 1.00. The highest BCUT2D eigenvalue weighted by atomic mass is 15.3. The Labute approximate surface area is 113 Å². The quantitative estimate of drug-likeness (QED) is 0.765. The van der Waals surface area contributed by atoms with E-state index in [4.69, 9.17) is 5.73 Å². The Balaban J connectivity index is 2.02. The zero-order chi connectivity index (χ0) is 13.0. The fourth-order valence-electron chi connectivity index (χ4n) is 3.65. The van der Waals surface area contributed by atoms with Crippen LogP contribution >= 0.6 is 0 Å². The van der Waals surface area contributed by atoms with Gasteiger partial charge >= 0.3 is 0 Å². The molecule has 1 aliphatic carbocycles. The number of rotatable bonds is 2. The molecule has 3 heteroatoms. The van der Waals surface area contributed by atoms with Crippen LogP contribution in [0.25, 0.3) is 0 Å². The van der Waals surface area contributed by atoms with Crippen LogP contribution in [0, 0.1) is 0 Å². The smallest absolute Gasteiger partial charge is 0.0342 e. The molecular weight excluding hydrogens is 222 g/mol. The van der Waals surface area contributed by atoms with Gasteiger partial charge in [-0.3, -0.25) is 4.90 Å². The molecule has 0 radical (unpaired) electrons. The molecule has 1 saturated carbocycles. The molecule has 2 rings (SSSR count). The van der Waals surface area contributed by atoms with Gasteiger partial charge in [0.25, 0.3) is 0 Å². The van der Waals surface area contributed by atoms with Gasteiger partial charge in [0.15, 0.2) is 0 Å². The molecule has 2 aliphatic rings. The van der Waals surface area contributed by atoms with E-state index in [1.807, 2.05) is 0 Å². The summed E-state index contributed by atoms with van der Waals surface area (Å²) in [6.07, 6.45) is 9.85. The van der Waals surface area contributed by atoms with Gasteiger partial charge in [0.05, 0.1) is 0 Å². The van der Waals surface area contributed by atoms with E-state index in [2.05, 4.69) is 23.8 Å². The van der Waals surface area contributed by atoms with Crippen LogP contribution in [0.2, 0.25) is 0 Å². The Morgan fingerprint density at radius 3 is 2.33 bits per heavy atom. The van der Waals surface area contributed by atoms with E-state index in [0.29, 0.717) is 6.04 Å². The van der Waals surface area contributed by atoms with Gasteiger partial charge in [-0.05, 0) is 39.8 Å². The molecule has 2 unspecified atom stereocenters. The number of likely N-dealkylation sites (N-methyl/N-ethyl adjacent to an activating group) is 1. The van der Waals surface area contributed by atoms with E-state index in [-0.39, 0.29) is 0 Å². The monoisotopic (exact) mass is 253 g/mol. The van der Waals surface area contributed by atoms with Gasteiger partial charge < -0.3 is 10.6 Å². The van der Waals surface area contributed by atoms with Gasteiger partial charge in [-0.25, -0.2) is 0 Å². The first-order valence-electron chi connectivity index (χ1n) is 7.88. The summed E-state index contributed by atoms with van der Waals surface area (Å²) >= 11 is 0. The molecule has 0 aromatic carbocycles. The second-order valence-corrected chi connectivity index (χ2v) is 6.35. The molecule has 18 heavy (non-hydrogen) atoms. The predicted octanol–water partition coefficient (Wildman–Crippen LogP) is 2.06. The highest BCUT2D eigenvalue weighted by molar-refractivity contribution is 4.87. The lowest BCUT2D eigenvalue weighted by Gasteiger charge is -2.36. The highest BCUT2D eigenvalue weighted by Gasteiger charge is 2.30. The first kappa shape index (κ1) is 14.3. The molecule has 1 saturated heterocycles. The number of hydrogen-bond donors (Lipinski definition) is 1. The molecule has 0 aromatic rings. The van der Waals surface area contributed by atoms with Gasteiger partial charge in [0.1, 0.15) is 0 Å². The molecule has 0 bridgehead atoms. The van der Waals surface area contributed by atoms with E-state index in [9.17, 15) is 0 Å². The fourth-order valence-corrected chi connectivity index (χ4v) is 3.65. The molecule has 3 nitrogen and oxygen atoms in total. The predicted molar refractivity (Wildman–Crippen MR) is 77.7 cm³/mol. The number of nitrogens with zero attached hydrogens (tertiary/aromatic N) is 2. The van der Waals surface area contributed by atoms with Crippen LogP contribution in [0.3, 0.4) is 0 Å². The summed E-state index contributed by atoms with van der Waals surface area (Å²) in [4.78, 5) is 5.25. The second kappa shape index (κ2) is 6.88. The molecule has 2 fully saturated rings. The number of nitrogens with two attached hydrogens (primary N) is 1. The third-order valence-corrected chi connectivity index (χ3v) is 5.08. The summed E-state index contributed by atoms with van der Waals surface area (Å²) in [6.45, 7) is 5.59. The van der Waals surface area contributed by atoms with Crippen LogP contribution in [-0.4, -0.2) is 54.6 Å². The van der Waals surface area contributed by atoms with Gasteiger partial charge in [0.2, 0.25) is 0 Å². The minimum atomic E-state index is 0.554. The molecule has 2 atom stereocenters. The van der Waals surface area contributed by atoms with Crippen LogP contribution in [-0.2, 0) is 0 Å². The van der Waals surface area contributed by atoms with Crippen molar-refractivity contribution in [1.29, 1.82) is 0 Å². The third-order valence-electron chi connectivity index (χ3n) is 5.08. The Kier molecular flexibility index (Phi) is 5.46. The SMILES string of the molecule is CC1CCN(C)C(CN)CN1C1CCCCCC1. The van der Waals surface area contributed by atoms with E-state index >= 15 is 0 Å². The van der Waals surface area contributed by atoms with Crippen molar-refractivity contribution >= 4 is 0 Å². The largest absolute Gasteiger partial charge is 0.329 e. The van der Waals surface area contributed by atoms with Crippen molar-refractivity contribution in [2.24, 2.45) is 5.73 Å². The van der Waals surface area contributed by atoms with E-state index in [0.717, 1.165) is 18.6 Å².